The number of carbonyl (C=O) groups excluding carboxylic acids is 1. The summed E-state index contributed by atoms with van der Waals surface area (Å²) in [7, 11) is 0. The van der Waals surface area contributed by atoms with Gasteiger partial charge in [-0.3, -0.25) is 9.59 Å². The minimum Gasteiger partial charge on any atom is -0.480 e. The number of amides is 1. The van der Waals surface area contributed by atoms with E-state index in [2.05, 4.69) is 62.4 Å². The number of aliphatic carboxylic acids is 3. The normalized spacial score (nSPS) is 12.5. The number of unbranched alkanes of at least 4 members (excludes halogenated alkanes) is 4. The Morgan fingerprint density at radius 1 is 0.674 bits per heavy atom. The average molecular weight is 636 g/mol. The molecular weight excluding hydrogens is 590 g/mol. The highest BCUT2D eigenvalue weighted by molar-refractivity contribution is 5.90. The monoisotopic (exact) mass is 635 g/mol. The van der Waals surface area contributed by atoms with Crippen molar-refractivity contribution in [3.8, 4) is 0 Å². The molecule has 0 aliphatic carbocycles. The smallest absolute Gasteiger partial charge is 0.336 e. The quantitative estimate of drug-likeness (QED) is 0.130. The van der Waals surface area contributed by atoms with E-state index in [4.69, 9.17) is 14.6 Å². The van der Waals surface area contributed by atoms with Gasteiger partial charge in [-0.25, -0.2) is 9.59 Å². The van der Waals surface area contributed by atoms with Crippen LogP contribution in [0.25, 0.3) is 10.8 Å². The second kappa shape index (κ2) is 18.6. The Bertz CT molecular complexity index is 1470. The molecule has 3 aromatic rings. The molecular formula is C36H45NO9. The van der Waals surface area contributed by atoms with E-state index in [-0.39, 0.29) is 13.2 Å². The zero-order valence-corrected chi connectivity index (χ0v) is 26.7. The number of carboxylic acids is 3. The molecule has 0 saturated carbocycles. The zero-order chi connectivity index (χ0) is 33.5. The van der Waals surface area contributed by atoms with Crippen molar-refractivity contribution < 1.29 is 44.0 Å². The summed E-state index contributed by atoms with van der Waals surface area (Å²) in [6.07, 6.45) is 2.20. The van der Waals surface area contributed by atoms with Gasteiger partial charge in [0.15, 0.2) is 12.2 Å². The second-order valence-electron chi connectivity index (χ2n) is 11.6. The van der Waals surface area contributed by atoms with Gasteiger partial charge in [0.25, 0.3) is 5.91 Å². The molecule has 0 unspecified atom stereocenters. The number of nitrogens with zero attached hydrogens (tertiary/aromatic N) is 1. The number of carbonyl (C=O) groups is 4. The number of ether oxygens (including phenoxy) is 2. The highest BCUT2D eigenvalue weighted by Crippen LogP contribution is 2.18. The van der Waals surface area contributed by atoms with Crippen LogP contribution in [0, 0.1) is 13.8 Å². The number of carboxylic acid groups (broad SMARTS) is 3. The molecule has 46 heavy (non-hydrogen) atoms. The van der Waals surface area contributed by atoms with Crippen molar-refractivity contribution in [3.05, 3.63) is 82.9 Å². The Kier molecular flexibility index (Phi) is 14.7. The predicted molar refractivity (Wildman–Crippen MR) is 174 cm³/mol. The van der Waals surface area contributed by atoms with Crippen LogP contribution in [0.2, 0.25) is 0 Å². The number of rotatable bonds is 21. The van der Waals surface area contributed by atoms with Crippen molar-refractivity contribution in [2.45, 2.75) is 77.4 Å². The van der Waals surface area contributed by atoms with E-state index >= 15 is 0 Å². The molecule has 10 nitrogen and oxygen atoms in total. The maximum atomic E-state index is 13.6. The number of hydrogen-bond acceptors (Lipinski definition) is 6. The highest BCUT2D eigenvalue weighted by Gasteiger charge is 2.39. The first-order chi connectivity index (χ1) is 22.0. The van der Waals surface area contributed by atoms with Crippen LogP contribution in [0.4, 0.5) is 0 Å². The summed E-state index contributed by atoms with van der Waals surface area (Å²) in [4.78, 5) is 49.5. The third kappa shape index (κ3) is 11.9. The number of fused-ring (bicyclic) bond motifs is 1. The predicted octanol–water partition coefficient (Wildman–Crippen LogP) is 5.44. The molecule has 0 saturated heterocycles. The molecule has 0 aromatic heterocycles. The fraction of sp³-hybridized carbons (Fsp3) is 0.444. The van der Waals surface area contributed by atoms with Crippen molar-refractivity contribution in [1.82, 2.24) is 4.90 Å². The minimum atomic E-state index is -1.91. The molecule has 0 heterocycles. The summed E-state index contributed by atoms with van der Waals surface area (Å²) >= 11 is 0. The minimum absolute atomic E-state index is 0.0240. The van der Waals surface area contributed by atoms with Crippen LogP contribution in [0.5, 0.6) is 0 Å². The topological polar surface area (TPSA) is 151 Å². The Hall–Kier alpha value is -4.28. The lowest BCUT2D eigenvalue weighted by Gasteiger charge is -2.29. The molecule has 0 radical (unpaired) electrons. The Balaban J connectivity index is 1.58. The molecule has 0 aliphatic rings. The Morgan fingerprint density at radius 2 is 1.33 bits per heavy atom. The molecule has 0 spiro atoms. The molecule has 248 valence electrons. The summed E-state index contributed by atoms with van der Waals surface area (Å²) < 4.78 is 10.8. The number of hydrogen-bond donors (Lipinski definition) is 3. The summed E-state index contributed by atoms with van der Waals surface area (Å²) in [5, 5.41) is 30.7. The van der Waals surface area contributed by atoms with Gasteiger partial charge in [-0.05, 0) is 85.4 Å². The van der Waals surface area contributed by atoms with Crippen LogP contribution in [0.15, 0.2) is 60.7 Å². The van der Waals surface area contributed by atoms with Crippen LogP contribution >= 0.6 is 0 Å². The van der Waals surface area contributed by atoms with E-state index in [1.165, 1.54) is 22.3 Å². The number of benzene rings is 3. The highest BCUT2D eigenvalue weighted by atomic mass is 16.6. The van der Waals surface area contributed by atoms with Crippen LogP contribution in [-0.4, -0.2) is 82.5 Å². The SMILES string of the molecule is Cc1ccc(CCCCCO[C@@H](C(=O)N(CCCCCc2ccc3ccccc3c2)CC(=O)O)[C@@H](OCC(=O)O)C(=O)O)cc1C. The summed E-state index contributed by atoms with van der Waals surface area (Å²) in [6.45, 7) is 2.62. The molecule has 0 bridgehead atoms. The van der Waals surface area contributed by atoms with Crippen LogP contribution in [-0.2, 0) is 41.5 Å². The van der Waals surface area contributed by atoms with Gasteiger partial charge in [0.2, 0.25) is 0 Å². The largest absolute Gasteiger partial charge is 0.480 e. The van der Waals surface area contributed by atoms with E-state index in [1.54, 1.807) is 0 Å². The zero-order valence-electron chi connectivity index (χ0n) is 26.7. The number of aryl methyl sites for hydroxylation is 4. The first-order valence-corrected chi connectivity index (χ1v) is 15.8. The van der Waals surface area contributed by atoms with Crippen molar-refractivity contribution in [3.63, 3.8) is 0 Å². The van der Waals surface area contributed by atoms with E-state index in [9.17, 15) is 29.4 Å². The van der Waals surface area contributed by atoms with E-state index in [1.807, 2.05) is 12.1 Å². The standard InChI is InChI=1S/C36H45NO9/c1-25-15-16-27(21-26(25)2)11-6-4-10-20-45-33(34(36(43)44)46-24-32(40)41)35(42)37(23-31(38)39)19-9-3-5-12-28-17-18-29-13-7-8-14-30(29)22-28/h7-8,13-18,21-22,33-34H,3-6,9-12,19-20,23-24H2,1-2H3,(H,38,39)(H,40,41)(H,43,44)/t33-,34-/m1/s1. The summed E-state index contributed by atoms with van der Waals surface area (Å²) in [6, 6.07) is 20.7. The maximum absolute atomic E-state index is 13.6. The van der Waals surface area contributed by atoms with Crippen molar-refractivity contribution >= 4 is 34.6 Å². The molecule has 0 aliphatic heterocycles. The van der Waals surface area contributed by atoms with Crippen molar-refractivity contribution in [1.29, 1.82) is 0 Å². The molecule has 3 N–H and O–H groups in total. The van der Waals surface area contributed by atoms with Crippen molar-refractivity contribution in [2.75, 3.05) is 26.3 Å². The molecule has 1 amide bonds. The van der Waals surface area contributed by atoms with Gasteiger partial charge in [-0.2, -0.15) is 0 Å². The van der Waals surface area contributed by atoms with Gasteiger partial charge in [-0.15, -0.1) is 0 Å². The van der Waals surface area contributed by atoms with Gasteiger partial charge in [0.05, 0.1) is 0 Å². The van der Waals surface area contributed by atoms with E-state index in [0.717, 1.165) is 47.8 Å². The molecule has 10 heteroatoms. The van der Waals surface area contributed by atoms with Crippen LogP contribution in [0.3, 0.4) is 0 Å². The van der Waals surface area contributed by atoms with Crippen LogP contribution < -0.4 is 0 Å². The Labute approximate surface area is 269 Å². The van der Waals surface area contributed by atoms with Gasteiger partial charge in [0, 0.05) is 13.2 Å². The second-order valence-corrected chi connectivity index (χ2v) is 11.6. The maximum Gasteiger partial charge on any atom is 0.336 e. The third-order valence-electron chi connectivity index (χ3n) is 7.97. The third-order valence-corrected chi connectivity index (χ3v) is 7.97. The average Bonchev–Trinajstić information content (AvgIpc) is 3.01. The first-order valence-electron chi connectivity index (χ1n) is 15.8. The summed E-state index contributed by atoms with van der Waals surface area (Å²) in [5.74, 6) is -5.09. The van der Waals surface area contributed by atoms with E-state index in [0.29, 0.717) is 19.3 Å². The molecule has 3 rings (SSSR count). The van der Waals surface area contributed by atoms with Gasteiger partial charge in [-0.1, -0.05) is 73.5 Å². The van der Waals surface area contributed by atoms with Crippen LogP contribution in [0.1, 0.15) is 60.8 Å². The lowest BCUT2D eigenvalue weighted by atomic mass is 10.0. The van der Waals surface area contributed by atoms with Gasteiger partial charge < -0.3 is 29.7 Å². The first kappa shape index (κ1) is 36.2. The lowest BCUT2D eigenvalue weighted by molar-refractivity contribution is -0.177. The lowest BCUT2D eigenvalue weighted by Crippen LogP contribution is -2.52. The van der Waals surface area contributed by atoms with E-state index < -0.39 is 49.2 Å². The van der Waals surface area contributed by atoms with Gasteiger partial charge in [0.1, 0.15) is 13.2 Å². The molecule has 0 fully saturated rings. The Morgan fingerprint density at radius 3 is 1.98 bits per heavy atom. The van der Waals surface area contributed by atoms with Gasteiger partial charge >= 0.3 is 17.9 Å². The van der Waals surface area contributed by atoms with Crippen molar-refractivity contribution in [2.24, 2.45) is 0 Å². The molecule has 2 atom stereocenters. The fourth-order valence-electron chi connectivity index (χ4n) is 5.33. The summed E-state index contributed by atoms with van der Waals surface area (Å²) in [5.41, 5.74) is 4.84. The molecule has 3 aromatic carbocycles. The fourth-order valence-corrected chi connectivity index (χ4v) is 5.33.